The quantitative estimate of drug-likeness (QED) is 0.507. The molecule has 0 saturated heterocycles. The first kappa shape index (κ1) is 16.0. The number of hydrogen-bond acceptors (Lipinski definition) is 5. The van der Waals surface area contributed by atoms with E-state index in [1.54, 1.807) is 0 Å². The zero-order valence-electron chi connectivity index (χ0n) is 12.0. The first-order valence-corrected chi connectivity index (χ1v) is 7.16. The Labute approximate surface area is 136 Å². The number of aromatic hydroxyl groups is 1. The van der Waals surface area contributed by atoms with Crippen molar-refractivity contribution >= 4 is 39.2 Å². The molecule has 0 unspecified atom stereocenters. The van der Waals surface area contributed by atoms with Crippen molar-refractivity contribution in [3.8, 4) is 5.75 Å². The van der Waals surface area contributed by atoms with Gasteiger partial charge in [-0.05, 0) is 40.2 Å². The van der Waals surface area contributed by atoms with Crippen molar-refractivity contribution in [3.63, 3.8) is 0 Å². The Morgan fingerprint density at radius 3 is 2.45 bits per heavy atom. The predicted octanol–water partition coefficient (Wildman–Crippen LogP) is 3.88. The number of anilines is 1. The number of hydrogen-bond donors (Lipinski definition) is 1. The maximum absolute atomic E-state index is 10.8. The zero-order valence-corrected chi connectivity index (χ0v) is 13.6. The van der Waals surface area contributed by atoms with Gasteiger partial charge < -0.3 is 10.0 Å². The summed E-state index contributed by atoms with van der Waals surface area (Å²) in [6.45, 7) is 0. The standard InChI is InChI=1S/C15H14BrN3O3/c1-18(2)12-5-3-11(4-6-12)17-9-10-7-13(19(21)22)8-14(16)15(10)20/h3-9,20H,1-2H3. The summed E-state index contributed by atoms with van der Waals surface area (Å²) in [6, 6.07) is 10.0. The summed E-state index contributed by atoms with van der Waals surface area (Å²) >= 11 is 3.10. The number of nitrogens with zero attached hydrogens (tertiary/aromatic N) is 3. The summed E-state index contributed by atoms with van der Waals surface area (Å²) in [5.74, 6) is -0.0840. The Hall–Kier alpha value is -2.41. The first-order chi connectivity index (χ1) is 10.4. The Morgan fingerprint density at radius 1 is 1.27 bits per heavy atom. The minimum atomic E-state index is -0.520. The molecular weight excluding hydrogens is 350 g/mol. The molecule has 0 fully saturated rings. The highest BCUT2D eigenvalue weighted by molar-refractivity contribution is 9.10. The van der Waals surface area contributed by atoms with Crippen LogP contribution in [0.3, 0.4) is 0 Å². The molecule has 2 rings (SSSR count). The summed E-state index contributed by atoms with van der Waals surface area (Å²) in [5.41, 5.74) is 1.89. The van der Waals surface area contributed by atoms with Crippen LogP contribution >= 0.6 is 15.9 Å². The van der Waals surface area contributed by atoms with Crippen molar-refractivity contribution in [2.45, 2.75) is 0 Å². The highest BCUT2D eigenvalue weighted by Crippen LogP contribution is 2.32. The lowest BCUT2D eigenvalue weighted by Crippen LogP contribution is -2.07. The molecule has 0 aromatic heterocycles. The van der Waals surface area contributed by atoms with Gasteiger partial charge in [0.05, 0.1) is 15.1 Å². The van der Waals surface area contributed by atoms with Gasteiger partial charge in [-0.3, -0.25) is 15.1 Å². The van der Waals surface area contributed by atoms with Gasteiger partial charge in [0.2, 0.25) is 0 Å². The fourth-order valence-electron chi connectivity index (χ4n) is 1.79. The third-order valence-electron chi connectivity index (χ3n) is 3.01. The molecule has 6 nitrogen and oxygen atoms in total. The third kappa shape index (κ3) is 3.62. The number of phenolic OH excluding ortho intramolecular Hbond substituents is 1. The molecule has 0 saturated carbocycles. The number of nitro benzene ring substituents is 1. The van der Waals surface area contributed by atoms with E-state index in [4.69, 9.17) is 0 Å². The number of rotatable bonds is 4. The van der Waals surface area contributed by atoms with E-state index >= 15 is 0 Å². The van der Waals surface area contributed by atoms with E-state index < -0.39 is 4.92 Å². The molecule has 2 aromatic carbocycles. The zero-order chi connectivity index (χ0) is 16.3. The lowest BCUT2D eigenvalue weighted by Gasteiger charge is -2.11. The molecule has 1 N–H and O–H groups in total. The van der Waals surface area contributed by atoms with Crippen molar-refractivity contribution in [3.05, 3.63) is 56.5 Å². The monoisotopic (exact) mass is 363 g/mol. The minimum absolute atomic E-state index is 0.0840. The van der Waals surface area contributed by atoms with Gasteiger partial charge in [-0.15, -0.1) is 0 Å². The number of halogens is 1. The number of phenols is 1. The summed E-state index contributed by atoms with van der Waals surface area (Å²) in [7, 11) is 3.88. The number of nitro groups is 1. The molecule has 0 aliphatic heterocycles. The maximum Gasteiger partial charge on any atom is 0.271 e. The van der Waals surface area contributed by atoms with Crippen LogP contribution in [0.25, 0.3) is 0 Å². The molecule has 0 aliphatic rings. The topological polar surface area (TPSA) is 79.0 Å². The van der Waals surface area contributed by atoms with Gasteiger partial charge in [0.25, 0.3) is 5.69 Å². The van der Waals surface area contributed by atoms with Crippen molar-refractivity contribution in [2.24, 2.45) is 4.99 Å². The number of benzene rings is 2. The highest BCUT2D eigenvalue weighted by Gasteiger charge is 2.13. The normalized spacial score (nSPS) is 10.9. The average molecular weight is 364 g/mol. The van der Waals surface area contributed by atoms with E-state index in [-0.39, 0.29) is 21.5 Å². The van der Waals surface area contributed by atoms with E-state index in [0.29, 0.717) is 5.69 Å². The van der Waals surface area contributed by atoms with Gasteiger partial charge >= 0.3 is 0 Å². The van der Waals surface area contributed by atoms with Crippen LogP contribution in [0.5, 0.6) is 5.75 Å². The summed E-state index contributed by atoms with van der Waals surface area (Å²) < 4.78 is 0.256. The molecule has 0 heterocycles. The largest absolute Gasteiger partial charge is 0.506 e. The van der Waals surface area contributed by atoms with Crippen molar-refractivity contribution in [1.29, 1.82) is 0 Å². The van der Waals surface area contributed by atoms with Gasteiger partial charge in [-0.2, -0.15) is 0 Å². The number of non-ortho nitro benzene ring substituents is 1. The smallest absolute Gasteiger partial charge is 0.271 e. The molecule has 0 aliphatic carbocycles. The van der Waals surface area contributed by atoms with E-state index in [1.165, 1.54) is 18.3 Å². The average Bonchev–Trinajstić information content (AvgIpc) is 2.48. The molecule has 0 amide bonds. The Balaban J connectivity index is 2.31. The molecule has 0 spiro atoms. The van der Waals surface area contributed by atoms with Crippen molar-refractivity contribution < 1.29 is 10.0 Å². The lowest BCUT2D eigenvalue weighted by molar-refractivity contribution is -0.385. The predicted molar refractivity (Wildman–Crippen MR) is 90.5 cm³/mol. The van der Waals surface area contributed by atoms with Crippen LogP contribution in [0.2, 0.25) is 0 Å². The van der Waals surface area contributed by atoms with Crippen LogP contribution in [0, 0.1) is 10.1 Å². The third-order valence-corrected chi connectivity index (χ3v) is 3.61. The summed E-state index contributed by atoms with van der Waals surface area (Å²) in [5, 5.41) is 20.8. The van der Waals surface area contributed by atoms with Crippen molar-refractivity contribution in [1.82, 2.24) is 0 Å². The van der Waals surface area contributed by atoms with Crippen LogP contribution in [0.15, 0.2) is 45.9 Å². The number of aliphatic imine (C=N–C) groups is 1. The fourth-order valence-corrected chi connectivity index (χ4v) is 2.25. The van der Waals surface area contributed by atoms with Crippen LogP contribution in [0.4, 0.5) is 17.1 Å². The van der Waals surface area contributed by atoms with Gasteiger partial charge in [0.15, 0.2) is 0 Å². The highest BCUT2D eigenvalue weighted by atomic mass is 79.9. The second kappa shape index (κ2) is 6.57. The SMILES string of the molecule is CN(C)c1ccc(N=Cc2cc([N+](=O)[O-])cc(Br)c2O)cc1. The second-order valence-corrected chi connectivity index (χ2v) is 5.65. The van der Waals surface area contributed by atoms with E-state index in [9.17, 15) is 15.2 Å². The Morgan fingerprint density at radius 2 is 1.91 bits per heavy atom. The molecule has 7 heteroatoms. The van der Waals surface area contributed by atoms with Crippen LogP contribution < -0.4 is 4.90 Å². The maximum atomic E-state index is 10.8. The first-order valence-electron chi connectivity index (χ1n) is 6.37. The van der Waals surface area contributed by atoms with E-state index in [2.05, 4.69) is 20.9 Å². The van der Waals surface area contributed by atoms with Gasteiger partial charge in [-0.1, -0.05) is 0 Å². The Bertz CT molecular complexity index is 728. The molecular formula is C15H14BrN3O3. The second-order valence-electron chi connectivity index (χ2n) is 4.79. The van der Waals surface area contributed by atoms with E-state index in [1.807, 2.05) is 43.3 Å². The molecule has 0 atom stereocenters. The fraction of sp³-hybridized carbons (Fsp3) is 0.133. The van der Waals surface area contributed by atoms with Gasteiger partial charge in [0, 0.05) is 43.7 Å². The van der Waals surface area contributed by atoms with Gasteiger partial charge in [0.1, 0.15) is 5.75 Å². The molecule has 0 bridgehead atoms. The lowest BCUT2D eigenvalue weighted by atomic mass is 10.2. The summed E-state index contributed by atoms with van der Waals surface area (Å²) in [4.78, 5) is 16.5. The minimum Gasteiger partial charge on any atom is -0.506 e. The molecule has 114 valence electrons. The van der Waals surface area contributed by atoms with E-state index in [0.717, 1.165) is 5.69 Å². The van der Waals surface area contributed by atoms with Crippen LogP contribution in [-0.4, -0.2) is 30.3 Å². The molecule has 2 aromatic rings. The Kier molecular flexibility index (Phi) is 4.77. The molecule has 22 heavy (non-hydrogen) atoms. The van der Waals surface area contributed by atoms with Gasteiger partial charge in [-0.25, -0.2) is 0 Å². The molecule has 0 radical (unpaired) electrons. The van der Waals surface area contributed by atoms with Crippen LogP contribution in [0.1, 0.15) is 5.56 Å². The van der Waals surface area contributed by atoms with Crippen molar-refractivity contribution in [2.75, 3.05) is 19.0 Å². The summed E-state index contributed by atoms with van der Waals surface area (Å²) in [6.07, 6.45) is 1.40. The van der Waals surface area contributed by atoms with Crippen LogP contribution in [-0.2, 0) is 0 Å².